The summed E-state index contributed by atoms with van der Waals surface area (Å²) in [7, 11) is 0. The van der Waals surface area contributed by atoms with Gasteiger partial charge in [-0.1, -0.05) is 12.1 Å². The number of aromatic nitrogens is 3. The number of nitrogens with two attached hydrogens (primary N) is 2. The van der Waals surface area contributed by atoms with Gasteiger partial charge in [0.15, 0.2) is 0 Å². The van der Waals surface area contributed by atoms with E-state index in [0.717, 1.165) is 10.9 Å². The first-order valence-corrected chi connectivity index (χ1v) is 7.25. The molecule has 0 aliphatic heterocycles. The smallest absolute Gasteiger partial charge is 0.383 e. The van der Waals surface area contributed by atoms with Crippen LogP contribution in [0.3, 0.4) is 0 Å². The molecule has 0 aliphatic rings. The number of fused-ring (bicyclic) bond motifs is 1. The van der Waals surface area contributed by atoms with Crippen LogP contribution in [0.15, 0.2) is 30.5 Å². The van der Waals surface area contributed by atoms with Gasteiger partial charge in [0.05, 0.1) is 5.52 Å². The number of benzene rings is 1. The van der Waals surface area contributed by atoms with Crippen molar-refractivity contribution in [2.75, 3.05) is 5.73 Å². The lowest BCUT2D eigenvalue weighted by atomic mass is 10.1. The van der Waals surface area contributed by atoms with Crippen LogP contribution in [0.4, 0.5) is 19.0 Å². The van der Waals surface area contributed by atoms with E-state index < -0.39 is 24.4 Å². The van der Waals surface area contributed by atoms with Crippen LogP contribution in [-0.2, 0) is 6.54 Å². The van der Waals surface area contributed by atoms with Crippen LogP contribution in [0, 0.1) is 6.92 Å². The van der Waals surface area contributed by atoms with Gasteiger partial charge in [-0.25, -0.2) is 4.68 Å². The minimum absolute atomic E-state index is 0.0239. The third kappa shape index (κ3) is 3.25. The highest BCUT2D eigenvalue weighted by Crippen LogP contribution is 2.30. The van der Waals surface area contributed by atoms with Crippen molar-refractivity contribution in [1.82, 2.24) is 14.8 Å². The van der Waals surface area contributed by atoms with Crippen molar-refractivity contribution in [2.45, 2.75) is 19.6 Å². The van der Waals surface area contributed by atoms with Crippen molar-refractivity contribution in [1.29, 1.82) is 0 Å². The summed E-state index contributed by atoms with van der Waals surface area (Å²) < 4.78 is 38.5. The van der Waals surface area contributed by atoms with Crippen molar-refractivity contribution in [3.8, 4) is 11.3 Å². The Morgan fingerprint density at radius 3 is 2.64 bits per heavy atom. The number of nitrogens with zero attached hydrogens (tertiary/aromatic N) is 3. The molecule has 2 heterocycles. The predicted molar refractivity (Wildman–Crippen MR) is 86.7 cm³/mol. The average molecular weight is 349 g/mol. The quantitative estimate of drug-likeness (QED) is 0.759. The van der Waals surface area contributed by atoms with E-state index in [0.29, 0.717) is 15.8 Å². The van der Waals surface area contributed by atoms with Crippen LogP contribution >= 0.6 is 0 Å². The number of rotatable bonds is 3. The number of aryl methyl sites for hydroxylation is 1. The van der Waals surface area contributed by atoms with Crippen LogP contribution in [-0.4, -0.2) is 26.8 Å². The molecule has 6 nitrogen and oxygen atoms in total. The molecule has 1 aromatic carbocycles. The second kappa shape index (κ2) is 5.76. The van der Waals surface area contributed by atoms with Gasteiger partial charge in [0.1, 0.15) is 23.6 Å². The Labute approximate surface area is 140 Å². The molecule has 3 rings (SSSR count). The zero-order valence-electron chi connectivity index (χ0n) is 13.1. The molecule has 0 saturated carbocycles. The monoisotopic (exact) mass is 349 g/mol. The van der Waals surface area contributed by atoms with E-state index in [2.05, 4.69) is 10.1 Å². The van der Waals surface area contributed by atoms with Gasteiger partial charge in [-0.15, -0.1) is 0 Å². The first kappa shape index (κ1) is 16.7. The van der Waals surface area contributed by atoms with E-state index in [9.17, 15) is 18.0 Å². The fraction of sp³-hybridized carbons (Fsp3) is 0.188. The normalized spacial score (nSPS) is 11.8. The molecule has 130 valence electrons. The highest BCUT2D eigenvalue weighted by atomic mass is 19.4. The highest BCUT2D eigenvalue weighted by molar-refractivity contribution is 6.03. The van der Waals surface area contributed by atoms with Gasteiger partial charge in [0.25, 0.3) is 5.91 Å². The van der Waals surface area contributed by atoms with E-state index in [1.54, 1.807) is 6.07 Å². The Morgan fingerprint density at radius 1 is 1.28 bits per heavy atom. The first-order chi connectivity index (χ1) is 11.7. The number of pyridine rings is 1. The second-order valence-electron chi connectivity index (χ2n) is 5.67. The number of hydrogen-bond acceptors (Lipinski definition) is 4. The minimum Gasteiger partial charge on any atom is -0.383 e. The molecular formula is C16H14F3N5O. The molecule has 2 aromatic heterocycles. The molecule has 0 aliphatic carbocycles. The third-order valence-corrected chi connectivity index (χ3v) is 3.68. The van der Waals surface area contributed by atoms with Crippen molar-refractivity contribution >= 4 is 22.6 Å². The van der Waals surface area contributed by atoms with Gasteiger partial charge in [0.2, 0.25) is 0 Å². The molecule has 0 atom stereocenters. The highest BCUT2D eigenvalue weighted by Gasteiger charge is 2.32. The van der Waals surface area contributed by atoms with Gasteiger partial charge >= 0.3 is 6.18 Å². The van der Waals surface area contributed by atoms with E-state index in [-0.39, 0.29) is 11.3 Å². The zero-order valence-corrected chi connectivity index (χ0v) is 13.1. The topological polar surface area (TPSA) is 99.8 Å². The predicted octanol–water partition coefficient (Wildman–Crippen LogP) is 2.65. The molecule has 0 spiro atoms. The molecule has 1 amide bonds. The summed E-state index contributed by atoms with van der Waals surface area (Å²) in [4.78, 5) is 16.0. The van der Waals surface area contributed by atoms with Crippen LogP contribution in [0.25, 0.3) is 22.2 Å². The van der Waals surface area contributed by atoms with Crippen LogP contribution in [0.1, 0.15) is 15.9 Å². The molecule has 4 N–H and O–H groups in total. The number of anilines is 1. The van der Waals surface area contributed by atoms with Gasteiger partial charge in [0, 0.05) is 17.1 Å². The second-order valence-corrected chi connectivity index (χ2v) is 5.67. The molecule has 0 fully saturated rings. The standard InChI is InChI=1S/C16H14F3N5O/c1-8-2-3-9-5-10(6-22-11(9)4-8)13-12(15(21)25)14(20)24(23-13)7-16(17,18)19/h2-6H,7,20H2,1H3,(H2,21,25). The largest absolute Gasteiger partial charge is 0.408 e. The van der Waals surface area contributed by atoms with E-state index in [4.69, 9.17) is 11.5 Å². The summed E-state index contributed by atoms with van der Waals surface area (Å²) in [5, 5.41) is 4.59. The molecule has 9 heteroatoms. The summed E-state index contributed by atoms with van der Waals surface area (Å²) in [6.45, 7) is 0.499. The summed E-state index contributed by atoms with van der Waals surface area (Å²) in [6, 6.07) is 7.24. The maximum absolute atomic E-state index is 12.7. The van der Waals surface area contributed by atoms with Crippen LogP contribution in [0.2, 0.25) is 0 Å². The number of nitrogen functional groups attached to an aromatic ring is 1. The van der Waals surface area contributed by atoms with Gasteiger partial charge in [-0.05, 0) is 24.6 Å². The Bertz CT molecular complexity index is 978. The molecular weight excluding hydrogens is 335 g/mol. The lowest BCUT2D eigenvalue weighted by molar-refractivity contribution is -0.142. The fourth-order valence-corrected chi connectivity index (χ4v) is 2.57. The molecule has 0 radical (unpaired) electrons. The number of primary amides is 1. The number of alkyl halides is 3. The maximum Gasteiger partial charge on any atom is 0.408 e. The van der Waals surface area contributed by atoms with Crippen molar-refractivity contribution in [3.05, 3.63) is 41.6 Å². The molecule has 3 aromatic rings. The maximum atomic E-state index is 12.7. The zero-order chi connectivity index (χ0) is 18.4. The summed E-state index contributed by atoms with van der Waals surface area (Å²) in [5.41, 5.74) is 12.8. The minimum atomic E-state index is -4.54. The van der Waals surface area contributed by atoms with Crippen LogP contribution in [0.5, 0.6) is 0 Å². The van der Waals surface area contributed by atoms with Crippen molar-refractivity contribution < 1.29 is 18.0 Å². The molecule has 0 bridgehead atoms. The van der Waals surface area contributed by atoms with E-state index in [1.807, 2.05) is 25.1 Å². The number of halogens is 3. The number of amides is 1. The number of carbonyl (C=O) groups excluding carboxylic acids is 1. The number of carbonyl (C=O) groups is 1. The fourth-order valence-electron chi connectivity index (χ4n) is 2.57. The molecule has 0 saturated heterocycles. The van der Waals surface area contributed by atoms with Gasteiger partial charge < -0.3 is 11.5 Å². The molecule has 25 heavy (non-hydrogen) atoms. The third-order valence-electron chi connectivity index (χ3n) is 3.68. The summed E-state index contributed by atoms with van der Waals surface area (Å²) >= 11 is 0. The van der Waals surface area contributed by atoms with Crippen molar-refractivity contribution in [3.63, 3.8) is 0 Å². The van der Waals surface area contributed by atoms with Gasteiger partial charge in [-0.3, -0.25) is 9.78 Å². The van der Waals surface area contributed by atoms with E-state index in [1.165, 1.54) is 6.20 Å². The summed E-state index contributed by atoms with van der Waals surface area (Å²) in [5.74, 6) is -1.38. The first-order valence-electron chi connectivity index (χ1n) is 7.25. The van der Waals surface area contributed by atoms with E-state index >= 15 is 0 Å². The molecule has 0 unspecified atom stereocenters. The Balaban J connectivity index is 2.17. The van der Waals surface area contributed by atoms with Crippen molar-refractivity contribution in [2.24, 2.45) is 5.73 Å². The lowest BCUT2D eigenvalue weighted by Gasteiger charge is -2.07. The summed E-state index contributed by atoms with van der Waals surface area (Å²) in [6.07, 6.45) is -3.11. The van der Waals surface area contributed by atoms with Crippen LogP contribution < -0.4 is 11.5 Å². The van der Waals surface area contributed by atoms with Gasteiger partial charge in [-0.2, -0.15) is 18.3 Å². The Hall–Kier alpha value is -3.10. The Kier molecular flexibility index (Phi) is 3.86. The lowest BCUT2D eigenvalue weighted by Crippen LogP contribution is -2.21. The average Bonchev–Trinajstić information content (AvgIpc) is 2.82. The SMILES string of the molecule is Cc1ccc2cc(-c3nn(CC(F)(F)F)c(N)c3C(N)=O)cnc2c1. The Morgan fingerprint density at radius 2 is 2.00 bits per heavy atom. The number of hydrogen-bond donors (Lipinski definition) is 2.